The van der Waals surface area contributed by atoms with E-state index in [1.54, 1.807) is 25.1 Å². The third-order valence-corrected chi connectivity index (χ3v) is 5.15. The predicted molar refractivity (Wildman–Crippen MR) is 125 cm³/mol. The highest BCUT2D eigenvalue weighted by molar-refractivity contribution is 5.79. The molecule has 0 saturated heterocycles. The maximum atomic E-state index is 12.9. The van der Waals surface area contributed by atoms with Crippen LogP contribution in [0.1, 0.15) is 23.6 Å². The molecule has 3 aromatic carbocycles. The van der Waals surface area contributed by atoms with Gasteiger partial charge in [0.15, 0.2) is 6.10 Å². The van der Waals surface area contributed by atoms with Crippen LogP contribution in [0, 0.1) is 13.8 Å². The largest absolute Gasteiger partial charge is 0.479 e. The molecule has 168 valence electrons. The Hall–Kier alpha value is -4.06. The minimum Gasteiger partial charge on any atom is -0.479 e. The number of fused-ring (bicyclic) bond motifs is 1. The van der Waals surface area contributed by atoms with Crippen LogP contribution in [0.2, 0.25) is 0 Å². The first-order valence-electron chi connectivity index (χ1n) is 10.6. The molecule has 4 rings (SSSR count). The van der Waals surface area contributed by atoms with Crippen LogP contribution < -0.4 is 14.9 Å². The fourth-order valence-electron chi connectivity index (χ4n) is 3.27. The van der Waals surface area contributed by atoms with Gasteiger partial charge in [-0.2, -0.15) is 0 Å². The maximum absolute atomic E-state index is 12.9. The molecule has 0 N–H and O–H groups in total. The van der Waals surface area contributed by atoms with Crippen LogP contribution in [0.3, 0.4) is 0 Å². The lowest BCUT2D eigenvalue weighted by Crippen LogP contribution is -2.26. The van der Waals surface area contributed by atoms with Gasteiger partial charge in [0.25, 0.3) is 0 Å². The molecule has 1 heterocycles. The van der Waals surface area contributed by atoms with Crippen LogP contribution in [0.5, 0.6) is 17.2 Å². The summed E-state index contributed by atoms with van der Waals surface area (Å²) in [6.45, 7) is 5.64. The number of esters is 1. The summed E-state index contributed by atoms with van der Waals surface area (Å²) in [6.07, 6.45) is 0.457. The normalized spacial score (nSPS) is 11.7. The Balaban J connectivity index is 1.47. The summed E-state index contributed by atoms with van der Waals surface area (Å²) in [6, 6.07) is 20.0. The number of benzene rings is 3. The van der Waals surface area contributed by atoms with Crippen molar-refractivity contribution >= 4 is 16.9 Å². The van der Waals surface area contributed by atoms with Crippen LogP contribution >= 0.6 is 0 Å². The number of carbonyl (C=O) groups excluding carboxylic acids is 1. The number of aryl methyl sites for hydroxylation is 2. The highest BCUT2D eigenvalue weighted by Gasteiger charge is 2.18. The molecule has 6 nitrogen and oxygen atoms in total. The van der Waals surface area contributed by atoms with Gasteiger partial charge in [-0.05, 0) is 55.7 Å². The van der Waals surface area contributed by atoms with Gasteiger partial charge >= 0.3 is 5.97 Å². The minimum atomic E-state index is -0.829. The molecule has 33 heavy (non-hydrogen) atoms. The third-order valence-electron chi connectivity index (χ3n) is 5.15. The van der Waals surface area contributed by atoms with Crippen molar-refractivity contribution in [1.29, 1.82) is 0 Å². The zero-order chi connectivity index (χ0) is 23.4. The molecule has 0 aliphatic carbocycles. The zero-order valence-electron chi connectivity index (χ0n) is 18.7. The molecule has 4 aromatic rings. The van der Waals surface area contributed by atoms with Gasteiger partial charge in [0, 0.05) is 6.07 Å². The summed E-state index contributed by atoms with van der Waals surface area (Å²) in [4.78, 5) is 25.2. The third kappa shape index (κ3) is 5.23. The van der Waals surface area contributed by atoms with E-state index in [1.807, 2.05) is 62.4 Å². The van der Waals surface area contributed by atoms with Crippen LogP contribution in [0.4, 0.5) is 0 Å². The zero-order valence-corrected chi connectivity index (χ0v) is 18.7. The summed E-state index contributed by atoms with van der Waals surface area (Å²) in [5.74, 6) is 0.600. The Bertz CT molecular complexity index is 1340. The summed E-state index contributed by atoms with van der Waals surface area (Å²) in [5, 5.41) is 0.351. The molecule has 0 spiro atoms. The van der Waals surface area contributed by atoms with Crippen LogP contribution in [-0.2, 0) is 16.1 Å². The minimum absolute atomic E-state index is 0.0997. The molecule has 1 aromatic heterocycles. The molecule has 1 atom stereocenters. The standard InChI is InChI=1S/C27H24O6/c1-17-9-10-18(2)23(13-17)33-25-16-30-24-14-21(11-12-22(24)26(25)28)32-19(3)27(29)31-15-20-7-5-4-6-8-20/h4-14,16,19H,15H2,1-3H3. The van der Waals surface area contributed by atoms with Crippen molar-refractivity contribution in [1.82, 2.24) is 0 Å². The molecule has 1 unspecified atom stereocenters. The Morgan fingerprint density at radius 3 is 2.55 bits per heavy atom. The molecule has 0 saturated carbocycles. The molecule has 0 radical (unpaired) electrons. The number of ether oxygens (including phenoxy) is 3. The lowest BCUT2D eigenvalue weighted by atomic mass is 10.1. The quantitative estimate of drug-likeness (QED) is 0.340. The van der Waals surface area contributed by atoms with Crippen molar-refractivity contribution in [2.45, 2.75) is 33.5 Å². The van der Waals surface area contributed by atoms with Crippen LogP contribution in [0.25, 0.3) is 11.0 Å². The Kier molecular flexibility index (Phi) is 6.45. The SMILES string of the molecule is Cc1ccc(C)c(Oc2coc3cc(OC(C)C(=O)OCc4ccccc4)ccc3c2=O)c1. The van der Waals surface area contributed by atoms with Gasteiger partial charge in [-0.1, -0.05) is 42.5 Å². The molecule has 6 heteroatoms. The second-order valence-corrected chi connectivity index (χ2v) is 7.81. The highest BCUT2D eigenvalue weighted by atomic mass is 16.6. The van der Waals surface area contributed by atoms with E-state index < -0.39 is 12.1 Å². The molecule has 0 bridgehead atoms. The van der Waals surface area contributed by atoms with Gasteiger partial charge in [0.1, 0.15) is 30.0 Å². The fourth-order valence-corrected chi connectivity index (χ4v) is 3.27. The van der Waals surface area contributed by atoms with Gasteiger partial charge < -0.3 is 18.6 Å². The Morgan fingerprint density at radius 1 is 0.970 bits per heavy atom. The van der Waals surface area contributed by atoms with E-state index in [-0.39, 0.29) is 17.8 Å². The van der Waals surface area contributed by atoms with E-state index in [9.17, 15) is 9.59 Å². The Labute approximate surface area is 191 Å². The van der Waals surface area contributed by atoms with Gasteiger partial charge in [-0.15, -0.1) is 0 Å². The van der Waals surface area contributed by atoms with Gasteiger partial charge in [0.2, 0.25) is 11.2 Å². The van der Waals surface area contributed by atoms with Crippen molar-refractivity contribution in [2.24, 2.45) is 0 Å². The van der Waals surface area contributed by atoms with Crippen molar-refractivity contribution in [3.05, 3.63) is 99.9 Å². The number of rotatable bonds is 7. The van der Waals surface area contributed by atoms with Crippen LogP contribution in [0.15, 0.2) is 82.2 Å². The average molecular weight is 444 g/mol. The predicted octanol–water partition coefficient (Wildman–Crippen LogP) is 5.71. The first kappa shape index (κ1) is 22.1. The van der Waals surface area contributed by atoms with E-state index >= 15 is 0 Å². The first-order valence-corrected chi connectivity index (χ1v) is 10.6. The van der Waals surface area contributed by atoms with E-state index in [2.05, 4.69) is 0 Å². The summed E-state index contributed by atoms with van der Waals surface area (Å²) >= 11 is 0. The van der Waals surface area contributed by atoms with Gasteiger partial charge in [-0.25, -0.2) is 4.79 Å². The van der Waals surface area contributed by atoms with Gasteiger partial charge in [-0.3, -0.25) is 4.79 Å². The average Bonchev–Trinajstić information content (AvgIpc) is 2.82. The van der Waals surface area contributed by atoms with E-state index in [1.165, 1.54) is 6.26 Å². The van der Waals surface area contributed by atoms with Gasteiger partial charge in [0.05, 0.1) is 5.39 Å². The van der Waals surface area contributed by atoms with E-state index in [0.29, 0.717) is 22.5 Å². The Morgan fingerprint density at radius 2 is 1.76 bits per heavy atom. The fraction of sp³-hybridized carbons (Fsp3) is 0.185. The van der Waals surface area contributed by atoms with Crippen molar-refractivity contribution < 1.29 is 23.4 Å². The lowest BCUT2D eigenvalue weighted by molar-refractivity contribution is -0.152. The molecular weight excluding hydrogens is 420 g/mol. The summed E-state index contributed by atoms with van der Waals surface area (Å²) < 4.78 is 22.5. The number of carbonyl (C=O) groups is 1. The number of hydrogen-bond donors (Lipinski definition) is 0. The molecule has 0 aliphatic rings. The van der Waals surface area contributed by atoms with Crippen LogP contribution in [-0.4, -0.2) is 12.1 Å². The molecule has 0 amide bonds. The second kappa shape index (κ2) is 9.61. The van der Waals surface area contributed by atoms with E-state index in [0.717, 1.165) is 16.7 Å². The van der Waals surface area contributed by atoms with E-state index in [4.69, 9.17) is 18.6 Å². The molecular formula is C27H24O6. The smallest absolute Gasteiger partial charge is 0.347 e. The van der Waals surface area contributed by atoms with Crippen molar-refractivity contribution in [3.8, 4) is 17.2 Å². The highest BCUT2D eigenvalue weighted by Crippen LogP contribution is 2.27. The van der Waals surface area contributed by atoms with Crippen molar-refractivity contribution in [3.63, 3.8) is 0 Å². The topological polar surface area (TPSA) is 75.0 Å². The lowest BCUT2D eigenvalue weighted by Gasteiger charge is -2.14. The van der Waals surface area contributed by atoms with Crippen molar-refractivity contribution in [2.75, 3.05) is 0 Å². The molecule has 0 aliphatic heterocycles. The second-order valence-electron chi connectivity index (χ2n) is 7.81. The summed E-state index contributed by atoms with van der Waals surface area (Å²) in [7, 11) is 0. The summed E-state index contributed by atoms with van der Waals surface area (Å²) in [5.41, 5.74) is 2.87. The maximum Gasteiger partial charge on any atom is 0.347 e. The first-order chi connectivity index (χ1) is 15.9. The molecule has 0 fully saturated rings. The number of hydrogen-bond acceptors (Lipinski definition) is 6. The monoisotopic (exact) mass is 444 g/mol.